The van der Waals surface area contributed by atoms with Crippen molar-refractivity contribution in [2.45, 2.75) is 17.5 Å². The van der Waals surface area contributed by atoms with Crippen molar-refractivity contribution in [3.63, 3.8) is 0 Å². The molecule has 2 aromatic carbocycles. The summed E-state index contributed by atoms with van der Waals surface area (Å²) in [5.41, 5.74) is 1.53. The Labute approximate surface area is 147 Å². The van der Waals surface area contributed by atoms with Crippen LogP contribution in [0, 0.1) is 0 Å². The Morgan fingerprint density at radius 1 is 1.12 bits per heavy atom. The SMILES string of the molecule is COc1ccc(-c2nc(SCc3ccccc3OC(F)F)n[nH]2)cc1. The van der Waals surface area contributed by atoms with Crippen LogP contribution >= 0.6 is 11.8 Å². The van der Waals surface area contributed by atoms with Gasteiger partial charge in [-0.3, -0.25) is 5.10 Å². The van der Waals surface area contributed by atoms with Crippen LogP contribution in [0.15, 0.2) is 53.7 Å². The number of nitrogens with zero attached hydrogens (tertiary/aromatic N) is 2. The van der Waals surface area contributed by atoms with Crippen LogP contribution in [0.1, 0.15) is 5.56 Å². The van der Waals surface area contributed by atoms with Gasteiger partial charge in [0.1, 0.15) is 11.5 Å². The van der Waals surface area contributed by atoms with Crippen molar-refractivity contribution in [2.24, 2.45) is 0 Å². The molecule has 0 saturated heterocycles. The standard InChI is InChI=1S/C17H15F2N3O2S/c1-23-13-8-6-11(7-9-13)15-20-17(22-21-15)25-10-12-4-2-3-5-14(12)24-16(18)19/h2-9,16H,10H2,1H3,(H,20,21,22). The van der Waals surface area contributed by atoms with E-state index >= 15 is 0 Å². The number of aromatic amines is 1. The first kappa shape index (κ1) is 17.2. The minimum absolute atomic E-state index is 0.163. The summed E-state index contributed by atoms with van der Waals surface area (Å²) in [6, 6.07) is 14.1. The lowest BCUT2D eigenvalue weighted by Crippen LogP contribution is -2.03. The highest BCUT2D eigenvalue weighted by atomic mass is 32.2. The van der Waals surface area contributed by atoms with Gasteiger partial charge in [0.2, 0.25) is 5.16 Å². The number of rotatable bonds is 7. The topological polar surface area (TPSA) is 60.0 Å². The number of alkyl halides is 2. The molecule has 1 N–H and O–H groups in total. The molecule has 3 rings (SSSR count). The summed E-state index contributed by atoms with van der Waals surface area (Å²) in [7, 11) is 1.60. The first-order valence-corrected chi connectivity index (χ1v) is 8.36. The van der Waals surface area contributed by atoms with Crippen LogP contribution in [0.5, 0.6) is 11.5 Å². The Bertz CT molecular complexity index is 825. The normalized spacial score (nSPS) is 10.9. The number of thioether (sulfide) groups is 1. The highest BCUT2D eigenvalue weighted by molar-refractivity contribution is 7.98. The van der Waals surface area contributed by atoms with Crippen LogP contribution in [-0.4, -0.2) is 28.9 Å². The average Bonchev–Trinajstić information content (AvgIpc) is 3.09. The Kier molecular flexibility index (Phi) is 5.49. The fourth-order valence-electron chi connectivity index (χ4n) is 2.17. The molecule has 0 aliphatic rings. The van der Waals surface area contributed by atoms with Gasteiger partial charge in [-0.1, -0.05) is 30.0 Å². The summed E-state index contributed by atoms with van der Waals surface area (Å²) in [5.74, 6) is 1.97. The van der Waals surface area contributed by atoms with E-state index in [0.29, 0.717) is 22.3 Å². The van der Waals surface area contributed by atoms with Crippen molar-refractivity contribution < 1.29 is 18.3 Å². The number of ether oxygens (including phenoxy) is 2. The van der Waals surface area contributed by atoms with Gasteiger partial charge < -0.3 is 9.47 Å². The maximum atomic E-state index is 12.4. The Balaban J connectivity index is 1.68. The van der Waals surface area contributed by atoms with Crippen molar-refractivity contribution in [1.82, 2.24) is 15.2 Å². The molecule has 8 heteroatoms. The molecule has 25 heavy (non-hydrogen) atoms. The lowest BCUT2D eigenvalue weighted by molar-refractivity contribution is -0.0503. The third-order valence-corrected chi connectivity index (χ3v) is 4.27. The van der Waals surface area contributed by atoms with Gasteiger partial charge in [-0.15, -0.1) is 5.10 Å². The van der Waals surface area contributed by atoms with Crippen LogP contribution in [0.4, 0.5) is 8.78 Å². The van der Waals surface area contributed by atoms with Crippen LogP contribution in [0.25, 0.3) is 11.4 Å². The second-order valence-corrected chi connectivity index (χ2v) is 5.91. The third-order valence-electron chi connectivity index (χ3n) is 3.37. The average molecular weight is 363 g/mol. The van der Waals surface area contributed by atoms with E-state index < -0.39 is 6.61 Å². The molecule has 1 aromatic heterocycles. The molecule has 130 valence electrons. The molecule has 0 aliphatic carbocycles. The summed E-state index contributed by atoms with van der Waals surface area (Å²) < 4.78 is 34.5. The molecule has 0 fully saturated rings. The monoisotopic (exact) mass is 363 g/mol. The number of benzene rings is 2. The zero-order chi connectivity index (χ0) is 17.6. The number of hydrogen-bond acceptors (Lipinski definition) is 5. The fraction of sp³-hybridized carbons (Fsp3) is 0.176. The smallest absolute Gasteiger partial charge is 0.387 e. The number of aromatic nitrogens is 3. The second-order valence-electron chi connectivity index (χ2n) is 4.97. The molecule has 0 saturated carbocycles. The summed E-state index contributed by atoms with van der Waals surface area (Å²) in [6.45, 7) is -2.85. The van der Waals surface area contributed by atoms with E-state index in [9.17, 15) is 8.78 Å². The minimum Gasteiger partial charge on any atom is -0.497 e. The van der Waals surface area contributed by atoms with Gasteiger partial charge in [-0.05, 0) is 30.3 Å². The molecular formula is C17H15F2N3O2S. The minimum atomic E-state index is -2.85. The summed E-state index contributed by atoms with van der Waals surface area (Å²) in [6.07, 6.45) is 0. The van der Waals surface area contributed by atoms with Crippen molar-refractivity contribution in [2.75, 3.05) is 7.11 Å². The number of H-pyrrole nitrogens is 1. The zero-order valence-corrected chi connectivity index (χ0v) is 14.1. The molecule has 0 aliphatic heterocycles. The van der Waals surface area contributed by atoms with Crippen LogP contribution in [0.3, 0.4) is 0 Å². The van der Waals surface area contributed by atoms with E-state index in [0.717, 1.165) is 11.3 Å². The number of methoxy groups -OCH3 is 1. The van der Waals surface area contributed by atoms with Crippen LogP contribution in [0.2, 0.25) is 0 Å². The van der Waals surface area contributed by atoms with E-state index in [1.807, 2.05) is 24.3 Å². The lowest BCUT2D eigenvalue weighted by Gasteiger charge is -2.09. The maximum Gasteiger partial charge on any atom is 0.387 e. The number of hydrogen-bond donors (Lipinski definition) is 1. The Morgan fingerprint density at radius 3 is 2.60 bits per heavy atom. The second kappa shape index (κ2) is 7.98. The van der Waals surface area contributed by atoms with Gasteiger partial charge in [0, 0.05) is 16.9 Å². The van der Waals surface area contributed by atoms with Crippen LogP contribution < -0.4 is 9.47 Å². The van der Waals surface area contributed by atoms with Crippen molar-refractivity contribution in [3.05, 3.63) is 54.1 Å². The predicted molar refractivity (Wildman–Crippen MR) is 91.0 cm³/mol. The molecule has 1 heterocycles. The molecule has 0 bridgehead atoms. The van der Waals surface area contributed by atoms with Gasteiger partial charge in [0.15, 0.2) is 5.82 Å². The van der Waals surface area contributed by atoms with Crippen molar-refractivity contribution >= 4 is 11.8 Å². The van der Waals surface area contributed by atoms with E-state index in [4.69, 9.17) is 4.74 Å². The largest absolute Gasteiger partial charge is 0.497 e. The number of halogens is 2. The van der Waals surface area contributed by atoms with E-state index in [-0.39, 0.29) is 5.75 Å². The Hall–Kier alpha value is -2.61. The molecular weight excluding hydrogens is 348 g/mol. The summed E-state index contributed by atoms with van der Waals surface area (Å²) in [4.78, 5) is 4.41. The molecule has 0 spiro atoms. The van der Waals surface area contributed by atoms with Crippen molar-refractivity contribution in [3.8, 4) is 22.9 Å². The number of para-hydroxylation sites is 1. The van der Waals surface area contributed by atoms with Gasteiger partial charge in [-0.25, -0.2) is 4.98 Å². The highest BCUT2D eigenvalue weighted by Crippen LogP contribution is 2.28. The van der Waals surface area contributed by atoms with E-state index in [1.54, 1.807) is 25.3 Å². The first-order valence-electron chi connectivity index (χ1n) is 7.38. The van der Waals surface area contributed by atoms with Gasteiger partial charge in [0.25, 0.3) is 0 Å². The predicted octanol–water partition coefficient (Wildman–Crippen LogP) is 4.37. The third kappa shape index (κ3) is 4.48. The quantitative estimate of drug-likeness (QED) is 0.632. The first-order chi connectivity index (χ1) is 12.2. The Morgan fingerprint density at radius 2 is 1.88 bits per heavy atom. The highest BCUT2D eigenvalue weighted by Gasteiger charge is 2.11. The number of nitrogens with one attached hydrogen (secondary N) is 1. The summed E-state index contributed by atoms with van der Waals surface area (Å²) in [5, 5.41) is 7.54. The van der Waals surface area contributed by atoms with Gasteiger partial charge in [0.05, 0.1) is 7.11 Å². The molecule has 3 aromatic rings. The van der Waals surface area contributed by atoms with Crippen LogP contribution in [-0.2, 0) is 5.75 Å². The van der Waals surface area contributed by atoms with Crippen molar-refractivity contribution in [1.29, 1.82) is 0 Å². The van der Waals surface area contributed by atoms with Gasteiger partial charge in [-0.2, -0.15) is 8.78 Å². The molecule has 0 atom stereocenters. The molecule has 0 amide bonds. The van der Waals surface area contributed by atoms with Gasteiger partial charge >= 0.3 is 6.61 Å². The zero-order valence-electron chi connectivity index (χ0n) is 13.3. The maximum absolute atomic E-state index is 12.4. The molecule has 5 nitrogen and oxygen atoms in total. The summed E-state index contributed by atoms with van der Waals surface area (Å²) >= 11 is 1.33. The van der Waals surface area contributed by atoms with E-state index in [2.05, 4.69) is 19.9 Å². The fourth-order valence-corrected chi connectivity index (χ4v) is 2.95. The van der Waals surface area contributed by atoms with E-state index in [1.165, 1.54) is 17.8 Å². The molecule has 0 radical (unpaired) electrons. The molecule has 0 unspecified atom stereocenters. The lowest BCUT2D eigenvalue weighted by atomic mass is 10.2.